The number of rotatable bonds is 4. The lowest BCUT2D eigenvalue weighted by molar-refractivity contribution is 0.571. The normalized spacial score (nSPS) is 12.4. The number of aryl methyl sites for hydroxylation is 1. The Morgan fingerprint density at radius 3 is 2.68 bits per heavy atom. The number of nitrogens with zero attached hydrogens (tertiary/aromatic N) is 1. The third-order valence-corrected chi connectivity index (χ3v) is 3.48. The molecule has 0 amide bonds. The van der Waals surface area contributed by atoms with Gasteiger partial charge in [0.05, 0.1) is 0 Å². The summed E-state index contributed by atoms with van der Waals surface area (Å²) in [4.78, 5) is 4.39. The minimum absolute atomic E-state index is 0.0437. The number of likely N-dealkylation sites (N-methyl/N-ethyl adjacent to an activating group) is 1. The van der Waals surface area contributed by atoms with Crippen molar-refractivity contribution in [2.24, 2.45) is 0 Å². The lowest BCUT2D eigenvalue weighted by Gasteiger charge is -2.17. The predicted molar refractivity (Wildman–Crippen MR) is 78.6 cm³/mol. The number of aromatic nitrogens is 1. The van der Waals surface area contributed by atoms with Crippen LogP contribution in [0.25, 0.3) is 0 Å². The minimum atomic E-state index is -0.235. The van der Waals surface area contributed by atoms with Crippen LogP contribution in [-0.4, -0.2) is 12.0 Å². The second kappa shape index (κ2) is 6.26. The van der Waals surface area contributed by atoms with E-state index in [-0.39, 0.29) is 11.9 Å². The average Bonchev–Trinajstić information content (AvgIpc) is 2.37. The van der Waals surface area contributed by atoms with Crippen LogP contribution in [0.15, 0.2) is 41.0 Å². The first-order valence-corrected chi connectivity index (χ1v) is 6.92. The molecule has 1 aromatic heterocycles. The van der Waals surface area contributed by atoms with Gasteiger partial charge in [-0.2, -0.15) is 0 Å². The molecule has 2 aromatic rings. The molecule has 0 aliphatic rings. The molecular weight excluding hydrogens is 307 g/mol. The van der Waals surface area contributed by atoms with Crippen molar-refractivity contribution in [2.75, 3.05) is 7.05 Å². The number of nitrogens with one attached hydrogen (secondary N) is 1. The Morgan fingerprint density at radius 1 is 1.32 bits per heavy atom. The molecule has 2 rings (SSSR count). The molecule has 1 heterocycles. The average molecular weight is 323 g/mol. The van der Waals surface area contributed by atoms with Crippen LogP contribution in [0.3, 0.4) is 0 Å². The monoisotopic (exact) mass is 322 g/mol. The van der Waals surface area contributed by atoms with E-state index < -0.39 is 0 Å². The van der Waals surface area contributed by atoms with Crippen LogP contribution in [-0.2, 0) is 6.42 Å². The molecule has 0 aliphatic carbocycles. The number of hydrogen-bond donors (Lipinski definition) is 1. The van der Waals surface area contributed by atoms with Crippen LogP contribution in [0.2, 0.25) is 0 Å². The number of pyridine rings is 1. The molecular formula is C15H16BrFN2. The van der Waals surface area contributed by atoms with Crippen LogP contribution >= 0.6 is 15.9 Å². The van der Waals surface area contributed by atoms with Crippen molar-refractivity contribution >= 4 is 15.9 Å². The van der Waals surface area contributed by atoms with E-state index in [4.69, 9.17) is 0 Å². The zero-order valence-electron chi connectivity index (χ0n) is 11.0. The van der Waals surface area contributed by atoms with E-state index >= 15 is 0 Å². The van der Waals surface area contributed by atoms with Crippen molar-refractivity contribution < 1.29 is 4.39 Å². The smallest absolute Gasteiger partial charge is 0.124 e. The summed E-state index contributed by atoms with van der Waals surface area (Å²) in [7, 11) is 1.87. The molecule has 0 saturated carbocycles. The first-order chi connectivity index (χ1) is 9.08. The van der Waals surface area contributed by atoms with Gasteiger partial charge in [-0.1, -0.05) is 22.0 Å². The number of hydrogen-bond acceptors (Lipinski definition) is 2. The van der Waals surface area contributed by atoms with Crippen molar-refractivity contribution in [1.82, 2.24) is 10.3 Å². The third-order valence-electron chi connectivity index (χ3n) is 3.02. The molecule has 1 aromatic carbocycles. The summed E-state index contributed by atoms with van der Waals surface area (Å²) in [5.41, 5.74) is 3.04. The van der Waals surface area contributed by atoms with Crippen molar-refractivity contribution in [3.63, 3.8) is 0 Å². The van der Waals surface area contributed by atoms with E-state index in [1.54, 1.807) is 6.07 Å². The molecule has 0 spiro atoms. The van der Waals surface area contributed by atoms with E-state index in [2.05, 4.69) is 26.2 Å². The molecule has 1 unspecified atom stereocenters. The van der Waals surface area contributed by atoms with Crippen LogP contribution in [0, 0.1) is 12.7 Å². The Kier molecular flexibility index (Phi) is 4.66. The summed E-state index contributed by atoms with van der Waals surface area (Å²) in [6, 6.07) is 9.03. The molecule has 4 heteroatoms. The summed E-state index contributed by atoms with van der Waals surface area (Å²) < 4.78 is 14.2. The molecule has 0 fully saturated rings. The van der Waals surface area contributed by atoms with Gasteiger partial charge in [0.2, 0.25) is 0 Å². The summed E-state index contributed by atoms with van der Waals surface area (Å²) in [5.74, 6) is -0.235. The van der Waals surface area contributed by atoms with Gasteiger partial charge < -0.3 is 5.32 Å². The van der Waals surface area contributed by atoms with E-state index in [0.29, 0.717) is 0 Å². The van der Waals surface area contributed by atoms with Gasteiger partial charge in [0.1, 0.15) is 5.82 Å². The van der Waals surface area contributed by atoms with Crippen LogP contribution in [0.4, 0.5) is 4.39 Å². The maximum Gasteiger partial charge on any atom is 0.124 e. The Hall–Kier alpha value is -1.26. The number of halogens is 2. The highest BCUT2D eigenvalue weighted by atomic mass is 79.9. The van der Waals surface area contributed by atoms with Gasteiger partial charge in [-0.3, -0.25) is 4.98 Å². The van der Waals surface area contributed by atoms with Gasteiger partial charge in [0, 0.05) is 28.8 Å². The maximum atomic E-state index is 13.4. The standard InChI is InChI=1S/C15H16BrFN2/c1-10-3-4-14(19-9-10)8-15(18-2)11-5-12(16)7-13(17)6-11/h3-7,9,15,18H,8H2,1-2H3. The van der Waals surface area contributed by atoms with Gasteiger partial charge >= 0.3 is 0 Å². The fraction of sp³-hybridized carbons (Fsp3) is 0.267. The van der Waals surface area contributed by atoms with Crippen molar-refractivity contribution in [3.05, 3.63) is 63.6 Å². The highest BCUT2D eigenvalue weighted by molar-refractivity contribution is 9.10. The third kappa shape index (κ3) is 3.85. The quantitative estimate of drug-likeness (QED) is 0.926. The molecule has 0 bridgehead atoms. The first kappa shape index (κ1) is 14.2. The van der Waals surface area contributed by atoms with Gasteiger partial charge in [-0.05, 0) is 49.4 Å². The Morgan fingerprint density at radius 2 is 2.11 bits per heavy atom. The van der Waals surface area contributed by atoms with Crippen molar-refractivity contribution in [1.29, 1.82) is 0 Å². The fourth-order valence-corrected chi connectivity index (χ4v) is 2.47. The van der Waals surface area contributed by atoms with Gasteiger partial charge in [-0.15, -0.1) is 0 Å². The topological polar surface area (TPSA) is 24.9 Å². The van der Waals surface area contributed by atoms with Crippen LogP contribution in [0.5, 0.6) is 0 Å². The molecule has 0 radical (unpaired) electrons. The zero-order chi connectivity index (χ0) is 13.8. The summed E-state index contributed by atoms with van der Waals surface area (Å²) in [5, 5.41) is 3.21. The lowest BCUT2D eigenvalue weighted by atomic mass is 10.0. The second-order valence-electron chi connectivity index (χ2n) is 4.58. The minimum Gasteiger partial charge on any atom is -0.313 e. The highest BCUT2D eigenvalue weighted by Crippen LogP contribution is 2.22. The second-order valence-corrected chi connectivity index (χ2v) is 5.49. The maximum absolute atomic E-state index is 13.4. The van der Waals surface area contributed by atoms with E-state index in [0.717, 1.165) is 27.7 Å². The molecule has 2 nitrogen and oxygen atoms in total. The van der Waals surface area contributed by atoms with Gasteiger partial charge in [0.15, 0.2) is 0 Å². The largest absolute Gasteiger partial charge is 0.313 e. The SMILES string of the molecule is CNC(Cc1ccc(C)cn1)c1cc(F)cc(Br)c1. The molecule has 0 saturated heterocycles. The molecule has 1 atom stereocenters. The molecule has 19 heavy (non-hydrogen) atoms. The zero-order valence-corrected chi connectivity index (χ0v) is 12.5. The van der Waals surface area contributed by atoms with Crippen molar-refractivity contribution in [2.45, 2.75) is 19.4 Å². The lowest BCUT2D eigenvalue weighted by Crippen LogP contribution is -2.19. The predicted octanol–water partition coefficient (Wildman–Crippen LogP) is 3.79. The van der Waals surface area contributed by atoms with E-state index in [1.807, 2.05) is 38.4 Å². The molecule has 100 valence electrons. The highest BCUT2D eigenvalue weighted by Gasteiger charge is 2.12. The first-order valence-electron chi connectivity index (χ1n) is 6.13. The van der Waals surface area contributed by atoms with E-state index in [1.165, 1.54) is 6.07 Å². The van der Waals surface area contributed by atoms with Crippen LogP contribution in [0.1, 0.15) is 22.9 Å². The molecule has 1 N–H and O–H groups in total. The Balaban J connectivity index is 2.22. The fourth-order valence-electron chi connectivity index (χ4n) is 1.99. The summed E-state index contributed by atoms with van der Waals surface area (Å²) in [6.45, 7) is 2.01. The van der Waals surface area contributed by atoms with Crippen LogP contribution < -0.4 is 5.32 Å². The van der Waals surface area contributed by atoms with Gasteiger partial charge in [0.25, 0.3) is 0 Å². The Bertz CT molecular complexity index is 534. The van der Waals surface area contributed by atoms with E-state index in [9.17, 15) is 4.39 Å². The summed E-state index contributed by atoms with van der Waals surface area (Å²) >= 11 is 3.32. The Labute approximate surface area is 121 Å². The summed E-state index contributed by atoms with van der Waals surface area (Å²) in [6.07, 6.45) is 2.58. The van der Waals surface area contributed by atoms with Gasteiger partial charge in [-0.25, -0.2) is 4.39 Å². The molecule has 0 aliphatic heterocycles. The number of benzene rings is 1. The van der Waals surface area contributed by atoms with Crippen molar-refractivity contribution in [3.8, 4) is 0 Å².